The fourth-order valence-electron chi connectivity index (χ4n) is 1.46. The Morgan fingerprint density at radius 3 is 2.35 bits per heavy atom. The summed E-state index contributed by atoms with van der Waals surface area (Å²) in [5, 5.41) is 14.6. The van der Waals surface area contributed by atoms with Crippen LogP contribution in [0.3, 0.4) is 0 Å². The maximum absolute atomic E-state index is 12.0. The Kier molecular flexibility index (Phi) is 4.37. The van der Waals surface area contributed by atoms with Gasteiger partial charge in [0.2, 0.25) is 0 Å². The number of nitrogens with zero attached hydrogens (tertiary/aromatic N) is 1. The molecule has 0 bridgehead atoms. The standard InChI is InChI=1S/C14H21N3O3/c1-9-6-7-15-8-10(9)16-12(20)17-14(4,5)13(2,3)11(18)19/h6-8H,1-5H3,(H,18,19)(H2,16,17,20). The lowest BCUT2D eigenvalue weighted by molar-refractivity contribution is -0.150. The fraction of sp³-hybridized carbons (Fsp3) is 0.500. The van der Waals surface area contributed by atoms with E-state index in [1.165, 1.54) is 0 Å². The van der Waals surface area contributed by atoms with Gasteiger partial charge in [0, 0.05) is 6.20 Å². The largest absolute Gasteiger partial charge is 0.481 e. The second-order valence-corrected chi connectivity index (χ2v) is 5.82. The number of rotatable bonds is 4. The summed E-state index contributed by atoms with van der Waals surface area (Å²) in [5.41, 5.74) is -0.549. The molecule has 0 aliphatic rings. The van der Waals surface area contributed by atoms with Crippen LogP contribution in [0.1, 0.15) is 33.3 Å². The van der Waals surface area contributed by atoms with Crippen molar-refractivity contribution in [2.75, 3.05) is 5.32 Å². The van der Waals surface area contributed by atoms with Gasteiger partial charge in [-0.2, -0.15) is 0 Å². The van der Waals surface area contributed by atoms with Crippen LogP contribution in [-0.4, -0.2) is 27.6 Å². The quantitative estimate of drug-likeness (QED) is 0.789. The molecule has 20 heavy (non-hydrogen) atoms. The van der Waals surface area contributed by atoms with Crippen molar-refractivity contribution in [1.82, 2.24) is 10.3 Å². The number of carboxylic acid groups (broad SMARTS) is 1. The zero-order chi connectivity index (χ0) is 15.6. The Morgan fingerprint density at radius 2 is 1.85 bits per heavy atom. The van der Waals surface area contributed by atoms with Gasteiger partial charge in [0.25, 0.3) is 0 Å². The molecular formula is C14H21N3O3. The van der Waals surface area contributed by atoms with E-state index >= 15 is 0 Å². The summed E-state index contributed by atoms with van der Waals surface area (Å²) in [4.78, 5) is 27.2. The second-order valence-electron chi connectivity index (χ2n) is 5.82. The molecule has 0 unspecified atom stereocenters. The van der Waals surface area contributed by atoms with Crippen molar-refractivity contribution in [1.29, 1.82) is 0 Å². The zero-order valence-electron chi connectivity index (χ0n) is 12.4. The average molecular weight is 279 g/mol. The minimum Gasteiger partial charge on any atom is -0.481 e. The number of aromatic nitrogens is 1. The van der Waals surface area contributed by atoms with Crippen molar-refractivity contribution in [3.05, 3.63) is 24.0 Å². The Labute approximate surface area is 118 Å². The van der Waals surface area contributed by atoms with E-state index in [1.54, 1.807) is 46.2 Å². The van der Waals surface area contributed by atoms with Crippen LogP contribution in [0.25, 0.3) is 0 Å². The van der Waals surface area contributed by atoms with Crippen molar-refractivity contribution in [2.24, 2.45) is 5.41 Å². The molecule has 0 radical (unpaired) electrons. The number of hydrogen-bond donors (Lipinski definition) is 3. The predicted octanol–water partition coefficient (Wildman–Crippen LogP) is 2.40. The summed E-state index contributed by atoms with van der Waals surface area (Å²) in [7, 11) is 0. The predicted molar refractivity (Wildman–Crippen MR) is 76.6 cm³/mol. The number of aliphatic carboxylic acids is 1. The summed E-state index contributed by atoms with van der Waals surface area (Å²) in [6.45, 7) is 8.35. The molecule has 6 heteroatoms. The molecule has 0 fully saturated rings. The molecule has 2 amide bonds. The van der Waals surface area contributed by atoms with E-state index in [1.807, 2.05) is 6.92 Å². The monoisotopic (exact) mass is 279 g/mol. The molecule has 0 atom stereocenters. The molecule has 1 rings (SSSR count). The van der Waals surface area contributed by atoms with Crippen molar-refractivity contribution < 1.29 is 14.7 Å². The van der Waals surface area contributed by atoms with Gasteiger partial charge in [-0.1, -0.05) is 0 Å². The number of hydrogen-bond acceptors (Lipinski definition) is 3. The highest BCUT2D eigenvalue weighted by Gasteiger charge is 2.44. The van der Waals surface area contributed by atoms with Gasteiger partial charge in [0.1, 0.15) is 0 Å². The second kappa shape index (κ2) is 5.48. The Morgan fingerprint density at radius 1 is 1.25 bits per heavy atom. The van der Waals surface area contributed by atoms with Gasteiger partial charge >= 0.3 is 12.0 Å². The number of anilines is 1. The van der Waals surface area contributed by atoms with Crippen LogP contribution < -0.4 is 10.6 Å². The molecule has 1 aromatic rings. The van der Waals surface area contributed by atoms with Gasteiger partial charge in [-0.3, -0.25) is 9.78 Å². The zero-order valence-corrected chi connectivity index (χ0v) is 12.4. The Hall–Kier alpha value is -2.11. The molecule has 0 aliphatic carbocycles. The SMILES string of the molecule is Cc1ccncc1NC(=O)NC(C)(C)C(C)(C)C(=O)O. The minimum absolute atomic E-state index is 0.458. The van der Waals surface area contributed by atoms with E-state index in [9.17, 15) is 14.7 Å². The smallest absolute Gasteiger partial charge is 0.319 e. The van der Waals surface area contributed by atoms with Crippen LogP contribution >= 0.6 is 0 Å². The van der Waals surface area contributed by atoms with Crippen LogP contribution in [0.4, 0.5) is 10.5 Å². The van der Waals surface area contributed by atoms with Crippen LogP contribution in [-0.2, 0) is 4.79 Å². The molecule has 3 N–H and O–H groups in total. The lowest BCUT2D eigenvalue weighted by atomic mass is 9.74. The lowest BCUT2D eigenvalue weighted by Crippen LogP contribution is -2.57. The average Bonchev–Trinajstić information content (AvgIpc) is 2.31. The van der Waals surface area contributed by atoms with Gasteiger partial charge < -0.3 is 15.7 Å². The molecule has 0 saturated heterocycles. The Bertz CT molecular complexity index is 524. The van der Waals surface area contributed by atoms with Crippen molar-refractivity contribution in [3.8, 4) is 0 Å². The number of carbonyl (C=O) groups excluding carboxylic acids is 1. The third kappa shape index (κ3) is 3.26. The number of amides is 2. The summed E-state index contributed by atoms with van der Waals surface area (Å²) < 4.78 is 0. The van der Waals surface area contributed by atoms with Gasteiger partial charge in [0.05, 0.1) is 22.8 Å². The first-order valence-electron chi connectivity index (χ1n) is 6.31. The van der Waals surface area contributed by atoms with Gasteiger partial charge in [-0.15, -0.1) is 0 Å². The summed E-state index contributed by atoms with van der Waals surface area (Å²) >= 11 is 0. The highest BCUT2D eigenvalue weighted by Crippen LogP contribution is 2.30. The number of pyridine rings is 1. The van der Waals surface area contributed by atoms with E-state index < -0.39 is 23.0 Å². The van der Waals surface area contributed by atoms with Crippen molar-refractivity contribution >= 4 is 17.7 Å². The molecule has 110 valence electrons. The first-order chi connectivity index (χ1) is 9.08. The molecule has 6 nitrogen and oxygen atoms in total. The van der Waals surface area contributed by atoms with Crippen molar-refractivity contribution in [3.63, 3.8) is 0 Å². The summed E-state index contributed by atoms with van der Waals surface area (Å²) in [5.74, 6) is -0.972. The molecule has 1 aromatic heterocycles. The third-order valence-electron chi connectivity index (χ3n) is 3.81. The first-order valence-corrected chi connectivity index (χ1v) is 6.31. The molecule has 0 aliphatic heterocycles. The van der Waals surface area contributed by atoms with E-state index in [0.29, 0.717) is 5.69 Å². The van der Waals surface area contributed by atoms with Crippen LogP contribution in [0, 0.1) is 12.3 Å². The summed E-state index contributed by atoms with van der Waals surface area (Å²) in [6, 6.07) is 1.32. The number of nitrogens with one attached hydrogen (secondary N) is 2. The fourth-order valence-corrected chi connectivity index (χ4v) is 1.46. The molecule has 0 spiro atoms. The number of carboxylic acids is 1. The highest BCUT2D eigenvalue weighted by atomic mass is 16.4. The summed E-state index contributed by atoms with van der Waals surface area (Å²) in [6.07, 6.45) is 3.18. The van der Waals surface area contributed by atoms with Gasteiger partial charge in [0.15, 0.2) is 0 Å². The van der Waals surface area contributed by atoms with Crippen LogP contribution in [0.2, 0.25) is 0 Å². The van der Waals surface area contributed by atoms with E-state index in [4.69, 9.17) is 0 Å². The molecular weight excluding hydrogens is 258 g/mol. The highest BCUT2D eigenvalue weighted by molar-refractivity contribution is 5.91. The number of carbonyl (C=O) groups is 2. The lowest BCUT2D eigenvalue weighted by Gasteiger charge is -2.38. The topological polar surface area (TPSA) is 91.3 Å². The number of urea groups is 1. The van der Waals surface area contributed by atoms with Crippen LogP contribution in [0.15, 0.2) is 18.5 Å². The van der Waals surface area contributed by atoms with E-state index in [2.05, 4.69) is 15.6 Å². The minimum atomic E-state index is -1.10. The van der Waals surface area contributed by atoms with E-state index in [0.717, 1.165) is 5.56 Å². The Balaban J connectivity index is 2.81. The van der Waals surface area contributed by atoms with E-state index in [-0.39, 0.29) is 0 Å². The maximum Gasteiger partial charge on any atom is 0.319 e. The van der Waals surface area contributed by atoms with Gasteiger partial charge in [-0.05, 0) is 46.2 Å². The van der Waals surface area contributed by atoms with Crippen LogP contribution in [0.5, 0.6) is 0 Å². The van der Waals surface area contributed by atoms with Crippen molar-refractivity contribution in [2.45, 2.75) is 40.2 Å². The maximum atomic E-state index is 12.0. The molecule has 0 aromatic carbocycles. The number of aryl methyl sites for hydroxylation is 1. The third-order valence-corrected chi connectivity index (χ3v) is 3.81. The molecule has 1 heterocycles. The first kappa shape index (κ1) is 15.9. The normalized spacial score (nSPS) is 11.8. The van der Waals surface area contributed by atoms with Gasteiger partial charge in [-0.25, -0.2) is 4.79 Å². The molecule has 0 saturated carbocycles.